The van der Waals surface area contributed by atoms with Crippen LogP contribution < -0.4 is 0 Å². The first-order valence-electron chi connectivity index (χ1n) is 5.94. The molecule has 0 spiro atoms. The van der Waals surface area contributed by atoms with Gasteiger partial charge in [-0.25, -0.2) is 0 Å². The van der Waals surface area contributed by atoms with E-state index in [0.717, 1.165) is 16.5 Å². The highest BCUT2D eigenvalue weighted by atomic mass is 32.1. The second-order valence-corrected chi connectivity index (χ2v) is 5.21. The molecule has 96 valence electrons. The fourth-order valence-electron chi connectivity index (χ4n) is 2.08. The van der Waals surface area contributed by atoms with Crippen LogP contribution in [0.5, 0.6) is 0 Å². The summed E-state index contributed by atoms with van der Waals surface area (Å²) in [6.07, 6.45) is 1.73. The molecule has 1 N–H and O–H groups in total. The van der Waals surface area contributed by atoms with Gasteiger partial charge in [0.25, 0.3) is 5.91 Å². The molecular formula is C14H13N3OS. The average Bonchev–Trinajstić information content (AvgIpc) is 3.07. The van der Waals surface area contributed by atoms with Crippen molar-refractivity contribution in [3.05, 3.63) is 52.3 Å². The van der Waals surface area contributed by atoms with E-state index in [-0.39, 0.29) is 5.91 Å². The standard InChI is InChI=1S/C14H13N3OS/c1-17(8-10-5-6-19-9-10)14(18)12-4-2-3-11-7-15-16-13(11)12/h2-7,9H,8H2,1H3,(H,15,16). The summed E-state index contributed by atoms with van der Waals surface area (Å²) >= 11 is 1.64. The Morgan fingerprint density at radius 2 is 2.32 bits per heavy atom. The minimum Gasteiger partial charge on any atom is -0.337 e. The van der Waals surface area contributed by atoms with Crippen LogP contribution in [0.15, 0.2) is 41.2 Å². The second kappa shape index (κ2) is 4.85. The van der Waals surface area contributed by atoms with Crippen LogP contribution in [0.4, 0.5) is 0 Å². The van der Waals surface area contributed by atoms with Crippen LogP contribution in [0, 0.1) is 0 Å². The molecule has 19 heavy (non-hydrogen) atoms. The number of nitrogens with one attached hydrogen (secondary N) is 1. The van der Waals surface area contributed by atoms with Crippen molar-refractivity contribution in [2.24, 2.45) is 0 Å². The smallest absolute Gasteiger partial charge is 0.256 e. The third kappa shape index (κ3) is 2.24. The van der Waals surface area contributed by atoms with Gasteiger partial charge < -0.3 is 4.90 Å². The molecule has 3 rings (SSSR count). The van der Waals surface area contributed by atoms with Gasteiger partial charge in [0.1, 0.15) is 0 Å². The molecule has 0 saturated heterocycles. The molecule has 4 nitrogen and oxygen atoms in total. The summed E-state index contributed by atoms with van der Waals surface area (Å²) in [6.45, 7) is 0.618. The molecule has 0 aliphatic carbocycles. The van der Waals surface area contributed by atoms with Gasteiger partial charge in [0, 0.05) is 19.0 Å². The van der Waals surface area contributed by atoms with E-state index in [2.05, 4.69) is 15.6 Å². The van der Waals surface area contributed by atoms with E-state index < -0.39 is 0 Å². The zero-order chi connectivity index (χ0) is 13.2. The van der Waals surface area contributed by atoms with Gasteiger partial charge in [-0.05, 0) is 28.5 Å². The van der Waals surface area contributed by atoms with Crippen LogP contribution in [0.25, 0.3) is 10.9 Å². The summed E-state index contributed by atoms with van der Waals surface area (Å²) in [4.78, 5) is 14.2. The van der Waals surface area contributed by atoms with Crippen molar-refractivity contribution in [2.45, 2.75) is 6.54 Å². The molecule has 0 aliphatic heterocycles. The Balaban J connectivity index is 1.89. The number of para-hydroxylation sites is 1. The van der Waals surface area contributed by atoms with Gasteiger partial charge >= 0.3 is 0 Å². The predicted octanol–water partition coefficient (Wildman–Crippen LogP) is 2.90. The summed E-state index contributed by atoms with van der Waals surface area (Å²) < 4.78 is 0. The molecule has 1 aromatic carbocycles. The topological polar surface area (TPSA) is 49.0 Å². The number of amides is 1. The Kier molecular flexibility index (Phi) is 3.05. The van der Waals surface area contributed by atoms with Gasteiger partial charge in [-0.2, -0.15) is 16.4 Å². The zero-order valence-corrected chi connectivity index (χ0v) is 11.3. The summed E-state index contributed by atoms with van der Waals surface area (Å²) in [5.41, 5.74) is 2.61. The summed E-state index contributed by atoms with van der Waals surface area (Å²) in [7, 11) is 1.81. The van der Waals surface area contributed by atoms with Gasteiger partial charge in [0.15, 0.2) is 0 Å². The normalized spacial score (nSPS) is 10.8. The molecule has 2 heterocycles. The number of benzene rings is 1. The zero-order valence-electron chi connectivity index (χ0n) is 10.5. The van der Waals surface area contributed by atoms with Crippen molar-refractivity contribution < 1.29 is 4.79 Å². The van der Waals surface area contributed by atoms with Crippen molar-refractivity contribution in [1.29, 1.82) is 0 Å². The first-order valence-corrected chi connectivity index (χ1v) is 6.88. The second-order valence-electron chi connectivity index (χ2n) is 4.43. The number of rotatable bonds is 3. The number of hydrogen-bond donors (Lipinski definition) is 1. The van der Waals surface area contributed by atoms with Crippen LogP contribution in [-0.2, 0) is 6.54 Å². The largest absolute Gasteiger partial charge is 0.337 e. The van der Waals surface area contributed by atoms with E-state index in [1.165, 1.54) is 0 Å². The fraction of sp³-hybridized carbons (Fsp3) is 0.143. The molecule has 0 atom stereocenters. The highest BCUT2D eigenvalue weighted by Crippen LogP contribution is 2.18. The molecule has 0 radical (unpaired) electrons. The van der Waals surface area contributed by atoms with Crippen molar-refractivity contribution in [2.75, 3.05) is 7.05 Å². The maximum Gasteiger partial charge on any atom is 0.256 e. The van der Waals surface area contributed by atoms with E-state index in [1.807, 2.05) is 36.7 Å². The first kappa shape index (κ1) is 11.9. The third-order valence-corrected chi connectivity index (χ3v) is 3.79. The molecule has 0 bridgehead atoms. The maximum atomic E-state index is 12.5. The molecule has 0 unspecified atom stereocenters. The van der Waals surface area contributed by atoms with Crippen LogP contribution >= 0.6 is 11.3 Å². The fourth-order valence-corrected chi connectivity index (χ4v) is 2.74. The molecule has 0 aliphatic rings. The van der Waals surface area contributed by atoms with E-state index in [4.69, 9.17) is 0 Å². The Hall–Kier alpha value is -2.14. The van der Waals surface area contributed by atoms with Crippen LogP contribution in [0.1, 0.15) is 15.9 Å². The lowest BCUT2D eigenvalue weighted by atomic mass is 10.1. The monoisotopic (exact) mass is 271 g/mol. The number of H-pyrrole nitrogens is 1. The quantitative estimate of drug-likeness (QED) is 0.796. The van der Waals surface area contributed by atoms with Crippen molar-refractivity contribution in [3.63, 3.8) is 0 Å². The lowest BCUT2D eigenvalue weighted by Gasteiger charge is -2.16. The average molecular weight is 271 g/mol. The van der Waals surface area contributed by atoms with Crippen molar-refractivity contribution >= 4 is 28.1 Å². The van der Waals surface area contributed by atoms with Crippen LogP contribution in [-0.4, -0.2) is 28.1 Å². The molecule has 3 aromatic rings. The van der Waals surface area contributed by atoms with Gasteiger partial charge in [-0.3, -0.25) is 9.89 Å². The molecule has 5 heteroatoms. The van der Waals surface area contributed by atoms with Gasteiger partial charge in [-0.1, -0.05) is 12.1 Å². The number of aromatic amines is 1. The number of hydrogen-bond acceptors (Lipinski definition) is 3. The molecular weight excluding hydrogens is 258 g/mol. The van der Waals surface area contributed by atoms with E-state index in [1.54, 1.807) is 22.4 Å². The Morgan fingerprint density at radius 3 is 3.11 bits per heavy atom. The van der Waals surface area contributed by atoms with Gasteiger partial charge in [0.05, 0.1) is 17.3 Å². The van der Waals surface area contributed by atoms with Crippen molar-refractivity contribution in [1.82, 2.24) is 15.1 Å². The SMILES string of the molecule is CN(Cc1ccsc1)C(=O)c1cccc2cn[nH]c12. The third-order valence-electron chi connectivity index (χ3n) is 3.05. The van der Waals surface area contributed by atoms with E-state index in [9.17, 15) is 4.79 Å². The predicted molar refractivity (Wildman–Crippen MR) is 76.2 cm³/mol. The molecule has 1 amide bonds. The molecule has 0 fully saturated rings. The number of nitrogens with zero attached hydrogens (tertiary/aromatic N) is 2. The summed E-state index contributed by atoms with van der Waals surface area (Å²) in [5, 5.41) is 11.9. The Morgan fingerprint density at radius 1 is 1.42 bits per heavy atom. The first-order chi connectivity index (χ1) is 9.25. The lowest BCUT2D eigenvalue weighted by molar-refractivity contribution is 0.0787. The van der Waals surface area contributed by atoms with Gasteiger partial charge in [0.2, 0.25) is 0 Å². The Bertz CT molecular complexity index is 702. The van der Waals surface area contributed by atoms with Gasteiger partial charge in [-0.15, -0.1) is 0 Å². The maximum absolute atomic E-state index is 12.5. The highest BCUT2D eigenvalue weighted by molar-refractivity contribution is 7.07. The summed E-state index contributed by atoms with van der Waals surface area (Å²) in [5.74, 6) is 0.000972. The van der Waals surface area contributed by atoms with Crippen LogP contribution in [0.3, 0.4) is 0 Å². The van der Waals surface area contributed by atoms with Crippen LogP contribution in [0.2, 0.25) is 0 Å². The minimum atomic E-state index is 0.000972. The summed E-state index contributed by atoms with van der Waals surface area (Å²) in [6, 6.07) is 7.68. The number of carbonyl (C=O) groups excluding carboxylic acids is 1. The molecule has 2 aromatic heterocycles. The van der Waals surface area contributed by atoms with E-state index in [0.29, 0.717) is 12.1 Å². The van der Waals surface area contributed by atoms with Crippen molar-refractivity contribution in [3.8, 4) is 0 Å². The highest BCUT2D eigenvalue weighted by Gasteiger charge is 2.15. The number of fused-ring (bicyclic) bond motifs is 1. The lowest BCUT2D eigenvalue weighted by Crippen LogP contribution is -2.26. The Labute approximate surface area is 114 Å². The molecule has 0 saturated carbocycles. The number of aromatic nitrogens is 2. The minimum absolute atomic E-state index is 0.000972. The number of thiophene rings is 1. The number of carbonyl (C=O) groups is 1. The van der Waals surface area contributed by atoms with E-state index >= 15 is 0 Å².